The number of benzene rings is 1. The number of hydrogen-bond donors (Lipinski definition) is 0. The van der Waals surface area contributed by atoms with E-state index in [9.17, 15) is 4.21 Å². The summed E-state index contributed by atoms with van der Waals surface area (Å²) in [6.07, 6.45) is 2.76. The molecule has 0 bridgehead atoms. The molecule has 2 aromatic heterocycles. The van der Waals surface area contributed by atoms with Crippen molar-refractivity contribution in [2.24, 2.45) is 0 Å². The first-order chi connectivity index (χ1) is 9.78. The maximum absolute atomic E-state index is 12.0. The van der Waals surface area contributed by atoms with E-state index in [1.54, 1.807) is 4.52 Å². The first-order valence-corrected chi connectivity index (χ1v) is 9.39. The first kappa shape index (κ1) is 13.9. The second kappa shape index (κ2) is 6.15. The van der Waals surface area contributed by atoms with Gasteiger partial charge in [-0.05, 0) is 6.42 Å². The summed E-state index contributed by atoms with van der Waals surface area (Å²) < 4.78 is 14.4. The summed E-state index contributed by atoms with van der Waals surface area (Å²) >= 11 is 4.74. The smallest absolute Gasteiger partial charge is 0.213 e. The van der Waals surface area contributed by atoms with Crippen molar-refractivity contribution in [3.63, 3.8) is 0 Å². The van der Waals surface area contributed by atoms with E-state index in [1.165, 1.54) is 11.3 Å². The SMILES string of the molecule is O=S(CCCBr)c1nn2cc(-c3ccccc3)nc2s1. The molecule has 1 unspecified atom stereocenters. The molecular formula is C13H12BrN3OS2. The van der Waals surface area contributed by atoms with Gasteiger partial charge < -0.3 is 0 Å². The van der Waals surface area contributed by atoms with E-state index < -0.39 is 10.8 Å². The standard InChI is InChI=1S/C13H12BrN3OS2/c14-7-4-8-20(18)13-16-17-9-11(15-12(17)19-13)10-5-2-1-3-6-10/h1-3,5-6,9H,4,7-8H2. The fourth-order valence-electron chi connectivity index (χ4n) is 1.79. The van der Waals surface area contributed by atoms with Crippen molar-refractivity contribution in [3.05, 3.63) is 36.5 Å². The normalized spacial score (nSPS) is 12.8. The molecule has 1 aromatic carbocycles. The molecule has 3 aromatic rings. The lowest BCUT2D eigenvalue weighted by molar-refractivity contribution is 0.679. The summed E-state index contributed by atoms with van der Waals surface area (Å²) in [4.78, 5) is 5.32. The van der Waals surface area contributed by atoms with Crippen LogP contribution in [0, 0.1) is 0 Å². The van der Waals surface area contributed by atoms with Gasteiger partial charge in [-0.3, -0.25) is 4.21 Å². The fourth-order valence-corrected chi connectivity index (χ4v) is 4.67. The van der Waals surface area contributed by atoms with Crippen LogP contribution in [-0.4, -0.2) is 29.9 Å². The number of rotatable bonds is 5. The Morgan fingerprint density at radius 3 is 2.80 bits per heavy atom. The van der Waals surface area contributed by atoms with Crippen LogP contribution in [-0.2, 0) is 10.8 Å². The molecular weight excluding hydrogens is 358 g/mol. The summed E-state index contributed by atoms with van der Waals surface area (Å²) in [7, 11) is -1.03. The van der Waals surface area contributed by atoms with Crippen molar-refractivity contribution in [1.29, 1.82) is 0 Å². The van der Waals surface area contributed by atoms with Gasteiger partial charge in [-0.2, -0.15) is 0 Å². The predicted octanol–water partition coefficient (Wildman–Crippen LogP) is 3.35. The van der Waals surface area contributed by atoms with E-state index in [4.69, 9.17) is 0 Å². The van der Waals surface area contributed by atoms with Crippen LogP contribution in [0.15, 0.2) is 40.9 Å². The zero-order chi connectivity index (χ0) is 13.9. The van der Waals surface area contributed by atoms with Gasteiger partial charge in [0.05, 0.1) is 22.7 Å². The predicted molar refractivity (Wildman–Crippen MR) is 86.0 cm³/mol. The minimum atomic E-state index is -1.03. The summed E-state index contributed by atoms with van der Waals surface area (Å²) in [5.74, 6) is 0.632. The van der Waals surface area contributed by atoms with Gasteiger partial charge in [-0.1, -0.05) is 57.6 Å². The van der Waals surface area contributed by atoms with E-state index in [0.717, 1.165) is 28.0 Å². The van der Waals surface area contributed by atoms with Crippen LogP contribution in [0.4, 0.5) is 0 Å². The van der Waals surface area contributed by atoms with Crippen molar-refractivity contribution in [2.45, 2.75) is 10.8 Å². The number of imidazole rings is 1. The molecule has 0 saturated heterocycles. The molecule has 0 radical (unpaired) electrons. The van der Waals surface area contributed by atoms with Gasteiger partial charge >= 0.3 is 0 Å². The Kier molecular flexibility index (Phi) is 4.28. The highest BCUT2D eigenvalue weighted by molar-refractivity contribution is 9.09. The van der Waals surface area contributed by atoms with Crippen LogP contribution in [0.2, 0.25) is 0 Å². The number of fused-ring (bicyclic) bond motifs is 1. The van der Waals surface area contributed by atoms with E-state index >= 15 is 0 Å². The number of alkyl halides is 1. The molecule has 0 fully saturated rings. The maximum atomic E-state index is 12.0. The van der Waals surface area contributed by atoms with Crippen molar-refractivity contribution in [3.8, 4) is 11.3 Å². The van der Waals surface area contributed by atoms with Gasteiger partial charge in [-0.15, -0.1) is 5.10 Å². The molecule has 7 heteroatoms. The molecule has 0 spiro atoms. The molecule has 0 N–H and O–H groups in total. The van der Waals surface area contributed by atoms with Crippen LogP contribution >= 0.6 is 27.3 Å². The molecule has 1 atom stereocenters. The Labute approximate surface area is 131 Å². The van der Waals surface area contributed by atoms with Crippen LogP contribution in [0.5, 0.6) is 0 Å². The quantitative estimate of drug-likeness (QED) is 0.647. The van der Waals surface area contributed by atoms with E-state index in [1.807, 2.05) is 36.5 Å². The van der Waals surface area contributed by atoms with Crippen molar-refractivity contribution in [2.75, 3.05) is 11.1 Å². The van der Waals surface area contributed by atoms with Crippen molar-refractivity contribution < 1.29 is 4.21 Å². The van der Waals surface area contributed by atoms with Crippen molar-refractivity contribution in [1.82, 2.24) is 14.6 Å². The largest absolute Gasteiger partial charge is 0.252 e. The maximum Gasteiger partial charge on any atom is 0.213 e. The van der Waals surface area contributed by atoms with Crippen LogP contribution < -0.4 is 0 Å². The third-order valence-electron chi connectivity index (χ3n) is 2.75. The molecule has 0 saturated carbocycles. The Morgan fingerprint density at radius 1 is 1.30 bits per heavy atom. The molecule has 2 heterocycles. The minimum absolute atomic E-state index is 0.632. The monoisotopic (exact) mass is 369 g/mol. The molecule has 20 heavy (non-hydrogen) atoms. The molecule has 0 aliphatic heterocycles. The average molecular weight is 370 g/mol. The Bertz CT molecular complexity index is 707. The lowest BCUT2D eigenvalue weighted by Gasteiger charge is -1.94. The van der Waals surface area contributed by atoms with Crippen LogP contribution in [0.25, 0.3) is 16.2 Å². The lowest BCUT2D eigenvalue weighted by Crippen LogP contribution is -1.98. The van der Waals surface area contributed by atoms with Crippen LogP contribution in [0.3, 0.4) is 0 Å². The topological polar surface area (TPSA) is 47.3 Å². The van der Waals surface area contributed by atoms with E-state index in [0.29, 0.717) is 10.1 Å². The zero-order valence-electron chi connectivity index (χ0n) is 10.5. The third-order valence-corrected chi connectivity index (χ3v) is 5.97. The Morgan fingerprint density at radius 2 is 2.10 bits per heavy atom. The number of halogens is 1. The van der Waals surface area contributed by atoms with Gasteiger partial charge in [0.25, 0.3) is 0 Å². The number of nitrogens with zero attached hydrogens (tertiary/aromatic N) is 3. The van der Waals surface area contributed by atoms with Gasteiger partial charge in [-0.25, -0.2) is 9.50 Å². The van der Waals surface area contributed by atoms with E-state index in [-0.39, 0.29) is 0 Å². The molecule has 4 nitrogen and oxygen atoms in total. The molecule has 0 amide bonds. The minimum Gasteiger partial charge on any atom is -0.252 e. The third kappa shape index (κ3) is 2.84. The van der Waals surface area contributed by atoms with Crippen LogP contribution in [0.1, 0.15) is 6.42 Å². The highest BCUT2D eigenvalue weighted by atomic mass is 79.9. The number of hydrogen-bond acceptors (Lipinski definition) is 4. The number of aromatic nitrogens is 3. The van der Waals surface area contributed by atoms with Gasteiger partial charge in [0.15, 0.2) is 0 Å². The molecule has 104 valence electrons. The fraction of sp³-hybridized carbons (Fsp3) is 0.231. The highest BCUT2D eigenvalue weighted by Crippen LogP contribution is 2.23. The first-order valence-electron chi connectivity index (χ1n) is 6.14. The van der Waals surface area contributed by atoms with Crippen molar-refractivity contribution >= 4 is 43.0 Å². The lowest BCUT2D eigenvalue weighted by atomic mass is 10.2. The highest BCUT2D eigenvalue weighted by Gasteiger charge is 2.13. The van der Waals surface area contributed by atoms with Gasteiger partial charge in [0.2, 0.25) is 9.30 Å². The molecule has 0 aliphatic rings. The Balaban J connectivity index is 1.88. The summed E-state index contributed by atoms with van der Waals surface area (Å²) in [5.41, 5.74) is 1.95. The zero-order valence-corrected chi connectivity index (χ0v) is 13.7. The summed E-state index contributed by atoms with van der Waals surface area (Å²) in [6.45, 7) is 0. The summed E-state index contributed by atoms with van der Waals surface area (Å²) in [6, 6.07) is 9.97. The second-order valence-electron chi connectivity index (χ2n) is 4.18. The Hall–Kier alpha value is -1.05. The van der Waals surface area contributed by atoms with E-state index in [2.05, 4.69) is 26.0 Å². The average Bonchev–Trinajstić information content (AvgIpc) is 3.04. The van der Waals surface area contributed by atoms with Gasteiger partial charge in [0, 0.05) is 16.6 Å². The van der Waals surface area contributed by atoms with Gasteiger partial charge in [0.1, 0.15) is 0 Å². The second-order valence-corrected chi connectivity index (χ2v) is 7.67. The molecule has 3 rings (SSSR count). The molecule has 0 aliphatic carbocycles. The summed E-state index contributed by atoms with van der Waals surface area (Å²) in [5, 5.41) is 5.23.